The number of benzene rings is 1. The maximum atomic E-state index is 13.2. The fourth-order valence-corrected chi connectivity index (χ4v) is 4.12. The molecular formula is C23H22FN5O3. The van der Waals surface area contributed by atoms with Crippen LogP contribution in [0.2, 0.25) is 0 Å². The molecule has 0 radical (unpaired) electrons. The molecule has 1 aliphatic heterocycles. The Labute approximate surface area is 183 Å². The van der Waals surface area contributed by atoms with E-state index in [1.807, 2.05) is 20.2 Å². The summed E-state index contributed by atoms with van der Waals surface area (Å²) in [5, 5.41) is 8.37. The molecule has 9 heteroatoms. The summed E-state index contributed by atoms with van der Waals surface area (Å²) < 4.78 is 26.2. The first kappa shape index (κ1) is 20.2. The average Bonchev–Trinajstić information content (AvgIpc) is 3.55. The number of carbonyl (C=O) groups excluding carboxylic acids is 1. The van der Waals surface area contributed by atoms with Crippen LogP contribution in [-0.2, 0) is 13.5 Å². The smallest absolute Gasteiger partial charge is 0.293 e. The number of halogens is 1. The Hall–Kier alpha value is -3.75. The third kappa shape index (κ3) is 3.81. The highest BCUT2D eigenvalue weighted by atomic mass is 19.1. The van der Waals surface area contributed by atoms with Crippen molar-refractivity contribution in [3.05, 3.63) is 77.2 Å². The van der Waals surface area contributed by atoms with Gasteiger partial charge in [-0.15, -0.1) is 0 Å². The molecule has 3 aromatic heterocycles. The SMILES string of the molecule is Cc1nn(C)cc1-c1cc(C(=O)N2CCC[C@@H]2c2ncc(Cc3ccc(F)cc3)o2)on1. The molecule has 0 saturated carbocycles. The molecule has 0 bridgehead atoms. The van der Waals surface area contributed by atoms with Crippen LogP contribution in [0.4, 0.5) is 4.39 Å². The van der Waals surface area contributed by atoms with Crippen LogP contribution in [-0.4, -0.2) is 37.3 Å². The zero-order valence-electron chi connectivity index (χ0n) is 17.8. The van der Waals surface area contributed by atoms with Crippen molar-refractivity contribution in [1.29, 1.82) is 0 Å². The minimum Gasteiger partial charge on any atom is -0.443 e. The number of aryl methyl sites for hydroxylation is 2. The van der Waals surface area contributed by atoms with Crippen LogP contribution in [0.25, 0.3) is 11.3 Å². The second-order valence-corrected chi connectivity index (χ2v) is 8.00. The van der Waals surface area contributed by atoms with Gasteiger partial charge in [0.25, 0.3) is 5.91 Å². The number of hydrogen-bond donors (Lipinski definition) is 0. The standard InChI is InChI=1S/C23H22FN5O3/c1-14-18(13-28(2)26-14)19-11-21(32-27-19)23(30)29-9-3-4-20(29)22-25-12-17(31-22)10-15-5-7-16(24)8-6-15/h5-8,11-13,20H,3-4,9-10H2,1-2H3/t20-/m1/s1. The second kappa shape index (κ2) is 8.07. The first-order valence-electron chi connectivity index (χ1n) is 10.5. The first-order valence-corrected chi connectivity index (χ1v) is 10.5. The molecule has 1 amide bonds. The van der Waals surface area contributed by atoms with E-state index in [1.165, 1.54) is 12.1 Å². The topological polar surface area (TPSA) is 90.2 Å². The van der Waals surface area contributed by atoms with Gasteiger partial charge in [-0.2, -0.15) is 5.10 Å². The Morgan fingerprint density at radius 3 is 2.84 bits per heavy atom. The maximum absolute atomic E-state index is 13.2. The van der Waals surface area contributed by atoms with Crippen LogP contribution in [0.5, 0.6) is 0 Å². The van der Waals surface area contributed by atoms with Crippen LogP contribution in [0.3, 0.4) is 0 Å². The molecule has 1 fully saturated rings. The quantitative estimate of drug-likeness (QED) is 0.469. The number of carbonyl (C=O) groups is 1. The predicted molar refractivity (Wildman–Crippen MR) is 112 cm³/mol. The lowest BCUT2D eigenvalue weighted by Gasteiger charge is -2.20. The lowest BCUT2D eigenvalue weighted by molar-refractivity contribution is 0.0672. The number of likely N-dealkylation sites (tertiary alicyclic amines) is 1. The van der Waals surface area contributed by atoms with Crippen molar-refractivity contribution in [2.45, 2.75) is 32.2 Å². The van der Waals surface area contributed by atoms with E-state index >= 15 is 0 Å². The maximum Gasteiger partial charge on any atom is 0.293 e. The Morgan fingerprint density at radius 2 is 2.09 bits per heavy atom. The normalized spacial score (nSPS) is 16.1. The van der Waals surface area contributed by atoms with Crippen molar-refractivity contribution in [2.24, 2.45) is 7.05 Å². The van der Waals surface area contributed by atoms with Gasteiger partial charge < -0.3 is 13.8 Å². The minimum atomic E-state index is -0.276. The molecule has 0 unspecified atom stereocenters. The predicted octanol–water partition coefficient (Wildman–Crippen LogP) is 4.08. The average molecular weight is 435 g/mol. The summed E-state index contributed by atoms with van der Waals surface area (Å²) in [6.07, 6.45) is 5.61. The number of rotatable bonds is 5. The number of aromatic nitrogens is 4. The molecule has 0 aliphatic carbocycles. The van der Waals surface area contributed by atoms with Gasteiger partial charge >= 0.3 is 0 Å². The summed E-state index contributed by atoms with van der Waals surface area (Å²) in [6, 6.07) is 7.66. The first-order chi connectivity index (χ1) is 15.5. The highest BCUT2D eigenvalue weighted by Gasteiger charge is 2.35. The van der Waals surface area contributed by atoms with E-state index in [1.54, 1.807) is 34.0 Å². The highest BCUT2D eigenvalue weighted by molar-refractivity contribution is 5.93. The van der Waals surface area contributed by atoms with E-state index in [-0.39, 0.29) is 23.5 Å². The summed E-state index contributed by atoms with van der Waals surface area (Å²) in [4.78, 5) is 19.3. The zero-order chi connectivity index (χ0) is 22.2. The van der Waals surface area contributed by atoms with Gasteiger partial charge in [-0.1, -0.05) is 17.3 Å². The zero-order valence-corrected chi connectivity index (χ0v) is 17.8. The van der Waals surface area contributed by atoms with Crippen LogP contribution in [0, 0.1) is 12.7 Å². The van der Waals surface area contributed by atoms with Gasteiger partial charge in [0.15, 0.2) is 0 Å². The summed E-state index contributed by atoms with van der Waals surface area (Å²) >= 11 is 0. The van der Waals surface area contributed by atoms with Crippen LogP contribution >= 0.6 is 0 Å². The van der Waals surface area contributed by atoms with Gasteiger partial charge in [0.2, 0.25) is 11.7 Å². The number of hydrogen-bond acceptors (Lipinski definition) is 6. The van der Waals surface area contributed by atoms with Crippen molar-refractivity contribution < 1.29 is 18.1 Å². The summed E-state index contributed by atoms with van der Waals surface area (Å²) in [5.74, 6) is 0.816. The minimum absolute atomic E-state index is 0.174. The molecule has 8 nitrogen and oxygen atoms in total. The van der Waals surface area contributed by atoms with E-state index in [0.717, 1.165) is 29.7 Å². The summed E-state index contributed by atoms with van der Waals surface area (Å²) in [7, 11) is 1.83. The number of oxazole rings is 1. The number of nitrogens with zero attached hydrogens (tertiary/aromatic N) is 5. The summed E-state index contributed by atoms with van der Waals surface area (Å²) in [5.41, 5.74) is 3.14. The third-order valence-electron chi connectivity index (χ3n) is 5.67. The Kier molecular flexibility index (Phi) is 5.08. The van der Waals surface area contributed by atoms with Crippen molar-refractivity contribution in [3.8, 4) is 11.3 Å². The molecule has 0 spiro atoms. The molecule has 1 atom stereocenters. The molecule has 32 heavy (non-hydrogen) atoms. The largest absolute Gasteiger partial charge is 0.443 e. The molecular weight excluding hydrogens is 413 g/mol. The molecule has 164 valence electrons. The van der Waals surface area contributed by atoms with Crippen molar-refractivity contribution in [2.75, 3.05) is 6.54 Å². The van der Waals surface area contributed by atoms with E-state index < -0.39 is 0 Å². The van der Waals surface area contributed by atoms with E-state index in [9.17, 15) is 9.18 Å². The Morgan fingerprint density at radius 1 is 1.28 bits per heavy atom. The summed E-state index contributed by atoms with van der Waals surface area (Å²) in [6.45, 7) is 2.47. The fraction of sp³-hybridized carbons (Fsp3) is 0.304. The molecule has 4 heterocycles. The lowest BCUT2D eigenvalue weighted by Crippen LogP contribution is -2.30. The molecule has 4 aromatic rings. The fourth-order valence-electron chi connectivity index (χ4n) is 4.12. The van der Waals surface area contributed by atoms with Crippen LogP contribution in [0.1, 0.15) is 52.3 Å². The lowest BCUT2D eigenvalue weighted by atomic mass is 10.1. The third-order valence-corrected chi connectivity index (χ3v) is 5.67. The van der Waals surface area contributed by atoms with Crippen LogP contribution in [0.15, 0.2) is 51.7 Å². The van der Waals surface area contributed by atoms with Crippen LogP contribution < -0.4 is 0 Å². The van der Waals surface area contributed by atoms with E-state index in [0.29, 0.717) is 30.3 Å². The van der Waals surface area contributed by atoms with Gasteiger partial charge in [0.1, 0.15) is 23.3 Å². The van der Waals surface area contributed by atoms with Crippen molar-refractivity contribution in [1.82, 2.24) is 24.8 Å². The molecule has 5 rings (SSSR count). The molecule has 0 N–H and O–H groups in total. The van der Waals surface area contributed by atoms with Gasteiger partial charge in [0, 0.05) is 37.8 Å². The van der Waals surface area contributed by atoms with Gasteiger partial charge in [-0.3, -0.25) is 9.48 Å². The monoisotopic (exact) mass is 435 g/mol. The van der Waals surface area contributed by atoms with E-state index in [4.69, 9.17) is 8.94 Å². The Bertz CT molecular complexity index is 1260. The molecule has 1 aromatic carbocycles. The van der Waals surface area contributed by atoms with Gasteiger partial charge in [-0.05, 0) is 37.5 Å². The molecule has 1 saturated heterocycles. The second-order valence-electron chi connectivity index (χ2n) is 8.00. The van der Waals surface area contributed by atoms with Gasteiger partial charge in [0.05, 0.1) is 11.9 Å². The Balaban J connectivity index is 1.33. The van der Waals surface area contributed by atoms with Crippen molar-refractivity contribution in [3.63, 3.8) is 0 Å². The van der Waals surface area contributed by atoms with Crippen molar-refractivity contribution >= 4 is 5.91 Å². The van der Waals surface area contributed by atoms with E-state index in [2.05, 4.69) is 15.2 Å². The number of amides is 1. The van der Waals surface area contributed by atoms with Gasteiger partial charge in [-0.25, -0.2) is 9.37 Å². The highest BCUT2D eigenvalue weighted by Crippen LogP contribution is 2.34. The molecule has 1 aliphatic rings.